The minimum Gasteiger partial charge on any atom is -0.396 e. The summed E-state index contributed by atoms with van der Waals surface area (Å²) in [6.07, 6.45) is -3.53. The number of hydrogen-bond acceptors (Lipinski definition) is 6. The minimum atomic E-state index is -3.46. The summed E-state index contributed by atoms with van der Waals surface area (Å²) in [7, 11) is 0. The maximum Gasteiger partial charge on any atom is 0.312 e. The summed E-state index contributed by atoms with van der Waals surface area (Å²) in [5.41, 5.74) is -2.84. The first kappa shape index (κ1) is 28.8. The van der Waals surface area contributed by atoms with Crippen molar-refractivity contribution in [2.24, 2.45) is 5.41 Å². The monoisotopic (exact) mass is 548 g/mol. The van der Waals surface area contributed by atoms with Gasteiger partial charge in [-0.3, -0.25) is 4.79 Å². The lowest BCUT2D eigenvalue weighted by Crippen LogP contribution is -2.30. The number of Topliss-reactive ketones (excluding diaryl/α,β-unsaturated/α-hetero) is 1. The molecule has 0 aliphatic rings. The van der Waals surface area contributed by atoms with Gasteiger partial charge in [0.05, 0.1) is 11.3 Å². The third-order valence-corrected chi connectivity index (χ3v) is 6.18. The number of carbonyl (C=O) groups is 1. The molecule has 1 N–H and O–H groups in total. The average Bonchev–Trinajstić information content (AvgIpc) is 3.45. The highest BCUT2D eigenvalue weighted by Gasteiger charge is 2.48. The summed E-state index contributed by atoms with van der Waals surface area (Å²) in [4.78, 5) is 12.7. The summed E-state index contributed by atoms with van der Waals surface area (Å²) in [5.74, 6) is -6.92. The van der Waals surface area contributed by atoms with E-state index in [0.29, 0.717) is 0 Å². The molecule has 0 saturated heterocycles. The van der Waals surface area contributed by atoms with Gasteiger partial charge in [-0.2, -0.15) is 8.78 Å². The van der Waals surface area contributed by atoms with Crippen molar-refractivity contribution in [3.05, 3.63) is 57.7 Å². The summed E-state index contributed by atoms with van der Waals surface area (Å²) < 4.78 is 81.7. The first-order valence-corrected chi connectivity index (χ1v) is 11.8. The lowest BCUT2D eigenvalue weighted by Gasteiger charge is -2.27. The number of aliphatic hydroxyl groups is 1. The third-order valence-electron chi connectivity index (χ3n) is 5.94. The number of rotatable bonds is 11. The van der Waals surface area contributed by atoms with Crippen molar-refractivity contribution in [3.8, 4) is 11.5 Å². The lowest BCUT2D eigenvalue weighted by atomic mass is 9.86. The highest BCUT2D eigenvalue weighted by atomic mass is 35.5. The number of hydrogen-bond donors (Lipinski definition) is 1. The van der Waals surface area contributed by atoms with Crippen LogP contribution in [0, 0.1) is 11.2 Å². The SMILES string of the molecule is CC(C)(C)C(F)(F)c1cc(-c2onc([C@@H](CCCO)CC(=O)Cc3ccc(Cl)cc3F)c2C(F)F)no1. The van der Waals surface area contributed by atoms with Gasteiger partial charge in [-0.05, 0) is 30.5 Å². The number of benzene rings is 1. The quantitative estimate of drug-likeness (QED) is 0.254. The predicted molar refractivity (Wildman–Crippen MR) is 124 cm³/mol. The second-order valence-corrected chi connectivity index (χ2v) is 10.2. The maximum absolute atomic E-state index is 14.7. The zero-order chi connectivity index (χ0) is 27.5. The average molecular weight is 549 g/mol. The lowest BCUT2D eigenvalue weighted by molar-refractivity contribution is -0.122. The molecular weight excluding hydrogens is 523 g/mol. The summed E-state index contributed by atoms with van der Waals surface area (Å²) in [6.45, 7) is 3.57. The van der Waals surface area contributed by atoms with Gasteiger partial charge in [0.1, 0.15) is 11.6 Å². The molecule has 0 fully saturated rings. The molecule has 0 radical (unpaired) electrons. The number of aromatic nitrogens is 2. The Hall–Kier alpha value is -2.79. The number of carbonyl (C=O) groups excluding carboxylic acids is 1. The molecule has 1 aromatic carbocycles. The fraction of sp³-hybridized carbons (Fsp3) is 0.480. The first-order chi connectivity index (χ1) is 17.3. The molecule has 0 spiro atoms. The van der Waals surface area contributed by atoms with E-state index in [9.17, 15) is 31.9 Å². The highest BCUT2D eigenvalue weighted by Crippen LogP contribution is 2.46. The predicted octanol–water partition coefficient (Wildman–Crippen LogP) is 7.26. The van der Waals surface area contributed by atoms with Crippen molar-refractivity contribution in [1.29, 1.82) is 0 Å². The molecule has 0 bridgehead atoms. The standard InChI is InChI=1S/C25H26ClF5N2O4/c1-24(2,3)25(30,31)19-12-18(32-36-19)22-20(23(28)29)21(33-37-22)14(5-4-8-34)10-16(35)9-13-6-7-15(26)11-17(13)27/h6-7,11-12,14,23,34H,4-5,8-10H2,1-3H3/t14-/m0/s1. The Morgan fingerprint density at radius 3 is 2.43 bits per heavy atom. The molecular formula is C25H26ClF5N2O4. The van der Waals surface area contributed by atoms with Crippen LogP contribution in [0.25, 0.3) is 11.5 Å². The smallest absolute Gasteiger partial charge is 0.312 e. The minimum absolute atomic E-state index is 0.0835. The molecule has 1 atom stereocenters. The Bertz CT molecular complexity index is 1240. The molecule has 0 aliphatic carbocycles. The number of ketones is 1. The maximum atomic E-state index is 14.7. The number of aliphatic hydroxyl groups excluding tert-OH is 1. The van der Waals surface area contributed by atoms with E-state index in [-0.39, 0.29) is 48.6 Å². The van der Waals surface area contributed by atoms with Crippen molar-refractivity contribution < 1.29 is 40.9 Å². The van der Waals surface area contributed by atoms with Crippen molar-refractivity contribution in [1.82, 2.24) is 10.3 Å². The largest absolute Gasteiger partial charge is 0.396 e. The Labute approximate surface area is 214 Å². The zero-order valence-electron chi connectivity index (χ0n) is 20.3. The van der Waals surface area contributed by atoms with Crippen LogP contribution in [0.3, 0.4) is 0 Å². The molecule has 12 heteroatoms. The van der Waals surface area contributed by atoms with Crippen LogP contribution in [-0.2, 0) is 17.1 Å². The second kappa shape index (κ2) is 11.3. The van der Waals surface area contributed by atoms with Gasteiger partial charge in [0.15, 0.2) is 11.5 Å². The van der Waals surface area contributed by atoms with E-state index in [2.05, 4.69) is 10.3 Å². The molecule has 0 aliphatic heterocycles. The molecule has 0 saturated carbocycles. The number of alkyl halides is 4. The van der Waals surface area contributed by atoms with Gasteiger partial charge in [-0.15, -0.1) is 0 Å². The van der Waals surface area contributed by atoms with Crippen LogP contribution < -0.4 is 0 Å². The Balaban J connectivity index is 1.93. The van der Waals surface area contributed by atoms with Gasteiger partial charge < -0.3 is 14.2 Å². The van der Waals surface area contributed by atoms with Gasteiger partial charge in [-0.1, -0.05) is 48.8 Å². The van der Waals surface area contributed by atoms with E-state index >= 15 is 0 Å². The molecule has 3 rings (SSSR count). The zero-order valence-corrected chi connectivity index (χ0v) is 21.1. The van der Waals surface area contributed by atoms with Gasteiger partial charge in [-0.25, -0.2) is 13.2 Å². The molecule has 202 valence electrons. The van der Waals surface area contributed by atoms with Crippen LogP contribution in [0.2, 0.25) is 5.02 Å². The second-order valence-electron chi connectivity index (χ2n) is 9.73. The third kappa shape index (κ3) is 6.38. The Morgan fingerprint density at radius 2 is 1.84 bits per heavy atom. The molecule has 3 aromatic rings. The molecule has 37 heavy (non-hydrogen) atoms. The van der Waals surface area contributed by atoms with Crippen LogP contribution in [0.4, 0.5) is 22.0 Å². The summed E-state index contributed by atoms with van der Waals surface area (Å²) in [6, 6.07) is 4.65. The molecule has 2 heterocycles. The van der Waals surface area contributed by atoms with Crippen molar-refractivity contribution in [2.75, 3.05) is 6.61 Å². The van der Waals surface area contributed by atoms with Crippen LogP contribution in [0.1, 0.15) is 75.0 Å². The first-order valence-electron chi connectivity index (χ1n) is 11.5. The van der Waals surface area contributed by atoms with E-state index in [1.807, 2.05) is 0 Å². The van der Waals surface area contributed by atoms with E-state index in [0.717, 1.165) is 12.1 Å². The van der Waals surface area contributed by atoms with Gasteiger partial charge in [0.25, 0.3) is 6.43 Å². The Kier molecular flexibility index (Phi) is 8.79. The Morgan fingerprint density at radius 1 is 1.14 bits per heavy atom. The van der Waals surface area contributed by atoms with E-state index < -0.39 is 58.1 Å². The van der Waals surface area contributed by atoms with Gasteiger partial charge in [0.2, 0.25) is 5.76 Å². The van der Waals surface area contributed by atoms with Crippen LogP contribution >= 0.6 is 11.6 Å². The van der Waals surface area contributed by atoms with Crippen molar-refractivity contribution in [3.63, 3.8) is 0 Å². The fourth-order valence-corrected chi connectivity index (χ4v) is 3.96. The van der Waals surface area contributed by atoms with Gasteiger partial charge in [0, 0.05) is 41.9 Å². The van der Waals surface area contributed by atoms with Crippen LogP contribution in [0.5, 0.6) is 0 Å². The van der Waals surface area contributed by atoms with E-state index in [1.54, 1.807) is 0 Å². The molecule has 0 amide bonds. The van der Waals surface area contributed by atoms with Crippen molar-refractivity contribution in [2.45, 2.75) is 64.7 Å². The molecule has 0 unspecified atom stereocenters. The highest BCUT2D eigenvalue weighted by molar-refractivity contribution is 6.30. The fourth-order valence-electron chi connectivity index (χ4n) is 3.80. The van der Waals surface area contributed by atoms with Crippen LogP contribution in [-0.4, -0.2) is 27.8 Å². The van der Waals surface area contributed by atoms with E-state index in [1.165, 1.54) is 32.9 Å². The van der Waals surface area contributed by atoms with E-state index in [4.69, 9.17) is 20.6 Å². The number of nitrogens with zero attached hydrogens (tertiary/aromatic N) is 2. The van der Waals surface area contributed by atoms with Crippen molar-refractivity contribution >= 4 is 17.4 Å². The molecule has 2 aromatic heterocycles. The van der Waals surface area contributed by atoms with Crippen LogP contribution in [0.15, 0.2) is 33.3 Å². The number of halogens is 6. The van der Waals surface area contributed by atoms with Gasteiger partial charge >= 0.3 is 5.92 Å². The molecule has 6 nitrogen and oxygen atoms in total. The summed E-state index contributed by atoms with van der Waals surface area (Å²) >= 11 is 5.73. The summed E-state index contributed by atoms with van der Waals surface area (Å²) in [5, 5.41) is 16.6. The topological polar surface area (TPSA) is 89.4 Å². The normalized spacial score (nSPS) is 13.4.